The molecule has 0 fully saturated rings. The third kappa shape index (κ3) is 1.61. The second-order valence-electron chi connectivity index (χ2n) is 2.47. The van der Waals surface area contributed by atoms with Crippen LogP contribution in [-0.2, 0) is 0 Å². The monoisotopic (exact) mass is 308 g/mol. The normalized spacial score (nSPS) is 10.5. The summed E-state index contributed by atoms with van der Waals surface area (Å²) < 4.78 is 31.3. The average Bonchev–Trinajstić information content (AvgIpc) is 2.51. The van der Waals surface area contributed by atoms with Crippen molar-refractivity contribution >= 4 is 22.6 Å². The van der Waals surface area contributed by atoms with Crippen molar-refractivity contribution in [1.29, 1.82) is 0 Å². The van der Waals surface area contributed by atoms with E-state index in [4.69, 9.17) is 0 Å². The molecule has 0 saturated heterocycles. The van der Waals surface area contributed by atoms with Gasteiger partial charge in [-0.25, -0.2) is 8.78 Å². The fourth-order valence-electron chi connectivity index (χ4n) is 1.01. The summed E-state index contributed by atoms with van der Waals surface area (Å²) in [5, 5.41) is 3.44. The molecular formula is C8H3F2IN2O. The van der Waals surface area contributed by atoms with E-state index in [9.17, 15) is 8.78 Å². The zero-order valence-electron chi connectivity index (χ0n) is 6.67. The van der Waals surface area contributed by atoms with Crippen molar-refractivity contribution in [2.75, 3.05) is 0 Å². The molecule has 1 aromatic carbocycles. The zero-order valence-corrected chi connectivity index (χ0v) is 8.83. The van der Waals surface area contributed by atoms with E-state index in [1.165, 1.54) is 6.07 Å². The molecule has 72 valence electrons. The van der Waals surface area contributed by atoms with Gasteiger partial charge in [0.05, 0.1) is 0 Å². The van der Waals surface area contributed by atoms with Crippen LogP contribution in [0.25, 0.3) is 11.5 Å². The highest BCUT2D eigenvalue weighted by Crippen LogP contribution is 2.24. The lowest BCUT2D eigenvalue weighted by Gasteiger charge is -1.97. The predicted octanol–water partition coefficient (Wildman–Crippen LogP) is 2.62. The van der Waals surface area contributed by atoms with Crippen LogP contribution in [0.15, 0.2) is 22.7 Å². The molecule has 0 unspecified atom stereocenters. The van der Waals surface area contributed by atoms with Gasteiger partial charge in [0.1, 0.15) is 17.2 Å². The number of benzene rings is 1. The largest absolute Gasteiger partial charge is 0.333 e. The van der Waals surface area contributed by atoms with E-state index in [1.807, 2.05) is 0 Å². The lowest BCUT2D eigenvalue weighted by Crippen LogP contribution is -1.89. The van der Waals surface area contributed by atoms with E-state index < -0.39 is 11.6 Å². The summed E-state index contributed by atoms with van der Waals surface area (Å²) in [6.07, 6.45) is 0. The fourth-order valence-corrected chi connectivity index (χ4v) is 1.33. The van der Waals surface area contributed by atoms with Gasteiger partial charge in [-0.15, -0.1) is 0 Å². The first kappa shape index (κ1) is 9.50. The van der Waals surface area contributed by atoms with Crippen LogP contribution < -0.4 is 0 Å². The molecule has 1 aromatic heterocycles. The third-order valence-corrected chi connectivity index (χ3v) is 2.02. The van der Waals surface area contributed by atoms with E-state index >= 15 is 0 Å². The first-order valence-electron chi connectivity index (χ1n) is 3.62. The van der Waals surface area contributed by atoms with Gasteiger partial charge in [-0.05, 0) is 12.1 Å². The molecule has 0 bridgehead atoms. The van der Waals surface area contributed by atoms with Gasteiger partial charge in [0, 0.05) is 22.6 Å². The summed E-state index contributed by atoms with van der Waals surface area (Å²) in [4.78, 5) is 3.73. The molecule has 1 heterocycles. The van der Waals surface area contributed by atoms with Crippen LogP contribution in [0.2, 0.25) is 0 Å². The highest BCUT2D eigenvalue weighted by molar-refractivity contribution is 14.1. The van der Waals surface area contributed by atoms with Crippen LogP contribution in [0.4, 0.5) is 8.78 Å². The Balaban J connectivity index is 2.61. The Morgan fingerprint density at radius 3 is 2.36 bits per heavy atom. The number of aromatic nitrogens is 2. The van der Waals surface area contributed by atoms with Gasteiger partial charge < -0.3 is 4.52 Å². The van der Waals surface area contributed by atoms with Gasteiger partial charge in [0.15, 0.2) is 0 Å². The summed E-state index contributed by atoms with van der Waals surface area (Å²) in [6, 6.07) is 3.54. The van der Waals surface area contributed by atoms with Crippen molar-refractivity contribution in [3.63, 3.8) is 0 Å². The highest BCUT2D eigenvalue weighted by atomic mass is 127. The van der Waals surface area contributed by atoms with Gasteiger partial charge in [-0.1, -0.05) is 11.2 Å². The minimum atomic E-state index is -0.718. The lowest BCUT2D eigenvalue weighted by molar-refractivity contribution is 0.420. The first-order valence-corrected chi connectivity index (χ1v) is 4.70. The molecular weight excluding hydrogens is 305 g/mol. The first-order chi connectivity index (χ1) is 6.68. The molecule has 2 aromatic rings. The van der Waals surface area contributed by atoms with E-state index in [0.29, 0.717) is 3.83 Å². The Morgan fingerprint density at radius 2 is 1.86 bits per heavy atom. The van der Waals surface area contributed by atoms with Crippen molar-refractivity contribution in [3.05, 3.63) is 33.7 Å². The Bertz CT molecular complexity index is 452. The Labute approximate surface area is 91.3 Å². The predicted molar refractivity (Wildman–Crippen MR) is 52.4 cm³/mol. The molecule has 0 aliphatic rings. The maximum Gasteiger partial charge on any atom is 0.264 e. The Kier molecular flexibility index (Phi) is 2.44. The number of nitrogens with zero attached hydrogens (tertiary/aromatic N) is 2. The summed E-state index contributed by atoms with van der Waals surface area (Å²) in [5.74, 6) is -1.58. The summed E-state index contributed by atoms with van der Waals surface area (Å²) in [5.41, 5.74) is -0.289. The van der Waals surface area contributed by atoms with Crippen LogP contribution in [-0.4, -0.2) is 10.1 Å². The van der Waals surface area contributed by atoms with Gasteiger partial charge >= 0.3 is 0 Å². The molecule has 3 nitrogen and oxygen atoms in total. The Morgan fingerprint density at radius 1 is 1.21 bits per heavy atom. The van der Waals surface area contributed by atoms with Gasteiger partial charge in [0.25, 0.3) is 5.89 Å². The maximum atomic E-state index is 13.2. The second kappa shape index (κ2) is 3.60. The summed E-state index contributed by atoms with van der Waals surface area (Å²) >= 11 is 1.79. The molecule has 6 heteroatoms. The van der Waals surface area contributed by atoms with E-state index in [2.05, 4.69) is 14.7 Å². The van der Waals surface area contributed by atoms with Crippen LogP contribution in [0.5, 0.6) is 0 Å². The molecule has 0 atom stereocenters. The lowest BCUT2D eigenvalue weighted by atomic mass is 10.2. The standard InChI is InChI=1S/C8H3F2IN2O/c9-4-2-1-3-5(10)6(4)7-12-8(11)13-14-7/h1-3H. The maximum absolute atomic E-state index is 13.2. The van der Waals surface area contributed by atoms with Crippen LogP contribution in [0, 0.1) is 15.5 Å². The fraction of sp³-hybridized carbons (Fsp3) is 0. The topological polar surface area (TPSA) is 38.9 Å². The minimum absolute atomic E-state index is 0.148. The average molecular weight is 308 g/mol. The molecule has 14 heavy (non-hydrogen) atoms. The third-order valence-electron chi connectivity index (χ3n) is 1.58. The van der Waals surface area contributed by atoms with E-state index in [-0.39, 0.29) is 11.5 Å². The molecule has 0 N–H and O–H groups in total. The SMILES string of the molecule is Fc1cccc(F)c1-c1nc(I)no1. The number of halogens is 3. The van der Waals surface area contributed by atoms with Crippen molar-refractivity contribution in [1.82, 2.24) is 10.1 Å². The van der Waals surface area contributed by atoms with Crippen LogP contribution in [0.1, 0.15) is 0 Å². The van der Waals surface area contributed by atoms with E-state index in [1.54, 1.807) is 22.6 Å². The quantitative estimate of drug-likeness (QED) is 0.760. The zero-order chi connectivity index (χ0) is 10.1. The smallest absolute Gasteiger partial charge is 0.264 e. The van der Waals surface area contributed by atoms with Gasteiger partial charge in [-0.2, -0.15) is 4.98 Å². The van der Waals surface area contributed by atoms with Crippen LogP contribution in [0.3, 0.4) is 0 Å². The number of hydrogen-bond acceptors (Lipinski definition) is 3. The number of hydrogen-bond donors (Lipinski definition) is 0. The van der Waals surface area contributed by atoms with Crippen molar-refractivity contribution in [2.45, 2.75) is 0 Å². The van der Waals surface area contributed by atoms with Crippen LogP contribution >= 0.6 is 22.6 Å². The molecule has 0 amide bonds. The van der Waals surface area contributed by atoms with Gasteiger partial charge in [-0.3, -0.25) is 0 Å². The van der Waals surface area contributed by atoms with Crippen molar-refractivity contribution < 1.29 is 13.3 Å². The van der Waals surface area contributed by atoms with E-state index in [0.717, 1.165) is 12.1 Å². The molecule has 0 radical (unpaired) electrons. The molecule has 0 aliphatic carbocycles. The molecule has 0 aliphatic heterocycles. The molecule has 0 spiro atoms. The van der Waals surface area contributed by atoms with Crippen molar-refractivity contribution in [3.8, 4) is 11.5 Å². The minimum Gasteiger partial charge on any atom is -0.333 e. The summed E-state index contributed by atoms with van der Waals surface area (Å²) in [7, 11) is 0. The molecule has 2 rings (SSSR count). The molecule has 0 saturated carbocycles. The van der Waals surface area contributed by atoms with Gasteiger partial charge in [0.2, 0.25) is 3.83 Å². The number of rotatable bonds is 1. The second-order valence-corrected chi connectivity index (χ2v) is 3.43. The summed E-state index contributed by atoms with van der Waals surface area (Å²) in [6.45, 7) is 0. The highest BCUT2D eigenvalue weighted by Gasteiger charge is 2.16. The van der Waals surface area contributed by atoms with Crippen molar-refractivity contribution in [2.24, 2.45) is 0 Å². The Hall–Kier alpha value is -1.05.